The van der Waals surface area contributed by atoms with Gasteiger partial charge in [0.05, 0.1) is 0 Å². The molecule has 0 radical (unpaired) electrons. The minimum Gasteiger partial charge on any atom is -0.274 e. The molecule has 3 heteroatoms. The Bertz CT molecular complexity index is 196. The standard InChI is InChI=1S/C7H9NS.CH2S/c1-6-2-4-7(9-8)5-3-6;1-2/h2-5H,8H2,1H3;1H2. The molecule has 0 saturated carbocycles. The second-order valence-corrected chi connectivity index (χ2v) is 2.64. The fraction of sp³-hybridized carbons (Fsp3) is 0.125. The Labute approximate surface area is 77.1 Å². The number of hydrogen-bond donors (Lipinski definition) is 1. The van der Waals surface area contributed by atoms with E-state index in [9.17, 15) is 0 Å². The summed E-state index contributed by atoms with van der Waals surface area (Å²) in [5.41, 5.74) is 1.27. The van der Waals surface area contributed by atoms with E-state index in [0.717, 1.165) is 4.90 Å². The zero-order valence-electron chi connectivity index (χ0n) is 6.41. The second kappa shape index (κ2) is 6.34. The summed E-state index contributed by atoms with van der Waals surface area (Å²) in [6.07, 6.45) is 0. The van der Waals surface area contributed by atoms with E-state index in [1.165, 1.54) is 17.5 Å². The Kier molecular flexibility index (Phi) is 6.12. The van der Waals surface area contributed by atoms with E-state index in [1.807, 2.05) is 12.1 Å². The van der Waals surface area contributed by atoms with Crippen molar-refractivity contribution in [2.45, 2.75) is 11.8 Å². The lowest BCUT2D eigenvalue weighted by Gasteiger charge is -1.93. The van der Waals surface area contributed by atoms with Crippen LogP contribution in [-0.4, -0.2) is 5.87 Å². The van der Waals surface area contributed by atoms with E-state index < -0.39 is 0 Å². The van der Waals surface area contributed by atoms with Gasteiger partial charge in [-0.15, -0.1) is 0 Å². The van der Waals surface area contributed by atoms with Gasteiger partial charge in [0.15, 0.2) is 0 Å². The van der Waals surface area contributed by atoms with Gasteiger partial charge < -0.3 is 0 Å². The summed E-state index contributed by atoms with van der Waals surface area (Å²) in [4.78, 5) is 1.11. The first-order valence-corrected chi connectivity index (χ1v) is 4.51. The Balaban J connectivity index is 0.000000461. The van der Waals surface area contributed by atoms with Crippen molar-refractivity contribution in [2.24, 2.45) is 5.14 Å². The maximum atomic E-state index is 5.32. The molecule has 0 atom stereocenters. The number of rotatable bonds is 1. The lowest BCUT2D eigenvalue weighted by Crippen LogP contribution is -1.78. The SMILES string of the molecule is C=S.Cc1ccc(SN)cc1. The van der Waals surface area contributed by atoms with Gasteiger partial charge in [-0.2, -0.15) is 0 Å². The molecular formula is C8H11NS2. The molecule has 0 spiro atoms. The first kappa shape index (κ1) is 10.6. The Hall–Kier alpha value is -0.380. The molecule has 0 fully saturated rings. The number of nitrogens with two attached hydrogens (primary N) is 1. The molecule has 2 N–H and O–H groups in total. The van der Waals surface area contributed by atoms with Gasteiger partial charge in [0.1, 0.15) is 0 Å². The van der Waals surface area contributed by atoms with Gasteiger partial charge in [0.25, 0.3) is 0 Å². The van der Waals surface area contributed by atoms with E-state index in [4.69, 9.17) is 5.14 Å². The quantitative estimate of drug-likeness (QED) is 0.538. The lowest BCUT2D eigenvalue weighted by atomic mass is 10.2. The molecule has 0 aliphatic rings. The van der Waals surface area contributed by atoms with Crippen LogP contribution in [0.25, 0.3) is 0 Å². The summed E-state index contributed by atoms with van der Waals surface area (Å²) in [6.45, 7) is 2.06. The van der Waals surface area contributed by atoms with Crippen LogP contribution in [0.4, 0.5) is 0 Å². The minimum absolute atomic E-state index is 1.11. The van der Waals surface area contributed by atoms with E-state index in [-0.39, 0.29) is 0 Å². The van der Waals surface area contributed by atoms with Gasteiger partial charge in [-0.1, -0.05) is 29.9 Å². The molecule has 0 bridgehead atoms. The van der Waals surface area contributed by atoms with Crippen molar-refractivity contribution in [1.82, 2.24) is 0 Å². The Morgan fingerprint density at radius 1 is 1.27 bits per heavy atom. The van der Waals surface area contributed by atoms with Gasteiger partial charge in [-0.3, -0.25) is 5.14 Å². The fourth-order valence-corrected chi connectivity index (χ4v) is 0.910. The van der Waals surface area contributed by atoms with Gasteiger partial charge in [-0.25, -0.2) is 0 Å². The van der Waals surface area contributed by atoms with Crippen molar-refractivity contribution in [3.05, 3.63) is 29.8 Å². The Morgan fingerprint density at radius 2 is 1.73 bits per heavy atom. The highest BCUT2D eigenvalue weighted by Gasteiger charge is 1.85. The van der Waals surface area contributed by atoms with Crippen molar-refractivity contribution in [1.29, 1.82) is 0 Å². The topological polar surface area (TPSA) is 26.0 Å². The molecule has 0 aliphatic heterocycles. The van der Waals surface area contributed by atoms with Gasteiger partial charge in [0.2, 0.25) is 0 Å². The monoisotopic (exact) mass is 185 g/mol. The van der Waals surface area contributed by atoms with Crippen LogP contribution in [0.15, 0.2) is 29.2 Å². The van der Waals surface area contributed by atoms with Crippen LogP contribution < -0.4 is 5.14 Å². The molecule has 0 unspecified atom stereocenters. The van der Waals surface area contributed by atoms with E-state index in [1.54, 1.807) is 0 Å². The second-order valence-electron chi connectivity index (χ2n) is 1.93. The summed E-state index contributed by atoms with van der Waals surface area (Å²) in [6, 6.07) is 8.13. The summed E-state index contributed by atoms with van der Waals surface area (Å²) in [7, 11) is 0. The highest BCUT2D eigenvalue weighted by Crippen LogP contribution is 2.11. The Morgan fingerprint density at radius 3 is 2.09 bits per heavy atom. The molecule has 1 rings (SSSR count). The summed E-state index contributed by atoms with van der Waals surface area (Å²) < 4.78 is 0. The molecule has 11 heavy (non-hydrogen) atoms. The van der Waals surface area contributed by atoms with Crippen LogP contribution in [0.1, 0.15) is 5.56 Å². The third-order valence-corrected chi connectivity index (χ3v) is 1.70. The third kappa shape index (κ3) is 4.14. The number of hydrogen-bond acceptors (Lipinski definition) is 3. The zero-order chi connectivity index (χ0) is 8.69. The molecular weight excluding hydrogens is 174 g/mol. The predicted molar refractivity (Wildman–Crippen MR) is 55.9 cm³/mol. The first-order valence-electron chi connectivity index (χ1n) is 3.05. The van der Waals surface area contributed by atoms with Crippen molar-refractivity contribution in [3.8, 4) is 0 Å². The van der Waals surface area contributed by atoms with Crippen LogP contribution in [0.2, 0.25) is 0 Å². The molecule has 0 amide bonds. The van der Waals surface area contributed by atoms with Crippen LogP contribution in [0, 0.1) is 6.92 Å². The van der Waals surface area contributed by atoms with Crippen LogP contribution >= 0.6 is 24.2 Å². The van der Waals surface area contributed by atoms with E-state index in [2.05, 4.69) is 37.1 Å². The van der Waals surface area contributed by atoms with E-state index in [0.29, 0.717) is 0 Å². The lowest BCUT2D eigenvalue weighted by molar-refractivity contribution is 1.38. The maximum Gasteiger partial charge on any atom is 0.0226 e. The molecule has 0 saturated heterocycles. The van der Waals surface area contributed by atoms with Crippen molar-refractivity contribution in [3.63, 3.8) is 0 Å². The summed E-state index contributed by atoms with van der Waals surface area (Å²) in [5, 5.41) is 5.32. The molecule has 1 aromatic rings. The average molecular weight is 185 g/mol. The van der Waals surface area contributed by atoms with Gasteiger partial charge in [-0.05, 0) is 36.9 Å². The van der Waals surface area contributed by atoms with Crippen LogP contribution in [-0.2, 0) is 0 Å². The summed E-state index contributed by atoms with van der Waals surface area (Å²) in [5.74, 6) is 2.83. The molecule has 60 valence electrons. The highest BCUT2D eigenvalue weighted by atomic mass is 32.2. The predicted octanol–water partition coefficient (Wildman–Crippen LogP) is 2.58. The first-order chi connectivity index (χ1) is 5.33. The molecule has 1 nitrogen and oxygen atoms in total. The van der Waals surface area contributed by atoms with Crippen LogP contribution in [0.3, 0.4) is 0 Å². The smallest absolute Gasteiger partial charge is 0.0226 e. The number of aryl methyl sites for hydroxylation is 1. The normalized spacial score (nSPS) is 8.18. The molecule has 0 aromatic heterocycles. The minimum atomic E-state index is 1.11. The number of benzene rings is 1. The fourth-order valence-electron chi connectivity index (χ4n) is 0.617. The van der Waals surface area contributed by atoms with E-state index >= 15 is 0 Å². The molecule has 0 heterocycles. The van der Waals surface area contributed by atoms with Gasteiger partial charge >= 0.3 is 0 Å². The van der Waals surface area contributed by atoms with Gasteiger partial charge in [0, 0.05) is 4.90 Å². The number of thiocarbonyl (C=S) groups is 1. The molecule has 1 aromatic carbocycles. The molecule has 0 aliphatic carbocycles. The van der Waals surface area contributed by atoms with Crippen LogP contribution in [0.5, 0.6) is 0 Å². The maximum absolute atomic E-state index is 5.32. The zero-order valence-corrected chi connectivity index (χ0v) is 8.04. The van der Waals surface area contributed by atoms with Crippen molar-refractivity contribution in [2.75, 3.05) is 0 Å². The van der Waals surface area contributed by atoms with Crippen molar-refractivity contribution < 1.29 is 0 Å². The highest BCUT2D eigenvalue weighted by molar-refractivity contribution is 7.97. The average Bonchev–Trinajstić information content (AvgIpc) is 2.10. The largest absolute Gasteiger partial charge is 0.274 e. The van der Waals surface area contributed by atoms with Crippen molar-refractivity contribution >= 4 is 30.0 Å². The third-order valence-electron chi connectivity index (χ3n) is 1.16. The summed E-state index contributed by atoms with van der Waals surface area (Å²) >= 11 is 5.11.